The standard InChI is InChI=1S/C28H49N3O7S.Na/c1-16(4-7-24(34)30-10-11-39(36,37)38)19-5-6-20-26-21(14-23(33)28(19,20)3)27(2)9-8-18(31-25(35)15-29)12-17(27)13-22(26)32;/h16-23,26,32-33H,4-15,29H2,1-3H3,(H,30,34)(H,31,35)(H,36,37,38);/q;+1/p-1/t16-,17+,18+,19-,20+,21+,22-,23+,26+,27+,28-;/m1./s1. The Morgan fingerprint density at radius 2 is 1.77 bits per heavy atom. The van der Waals surface area contributed by atoms with Crippen LogP contribution in [0, 0.1) is 46.3 Å². The molecule has 4 rings (SSSR count). The normalized spacial score (nSPS) is 41.5. The Hall–Kier alpha value is -0.270. The molecule has 12 heteroatoms. The second kappa shape index (κ2) is 13.2. The Labute approximate surface area is 261 Å². The molecule has 2 amide bonds. The Kier molecular flexibility index (Phi) is 11.3. The van der Waals surface area contributed by atoms with Crippen LogP contribution >= 0.6 is 0 Å². The zero-order valence-electron chi connectivity index (χ0n) is 24.6. The Bertz CT molecular complexity index is 1030. The van der Waals surface area contributed by atoms with E-state index in [0.717, 1.165) is 38.5 Å². The van der Waals surface area contributed by atoms with Crippen molar-refractivity contribution in [3.05, 3.63) is 0 Å². The van der Waals surface area contributed by atoms with Gasteiger partial charge in [0, 0.05) is 19.0 Å². The molecule has 6 N–H and O–H groups in total. The molecule has 4 aliphatic rings. The number of rotatable bonds is 9. The van der Waals surface area contributed by atoms with Gasteiger partial charge in [0.2, 0.25) is 11.8 Å². The van der Waals surface area contributed by atoms with E-state index in [0.29, 0.717) is 12.8 Å². The van der Waals surface area contributed by atoms with E-state index in [9.17, 15) is 32.8 Å². The van der Waals surface area contributed by atoms with Crippen molar-refractivity contribution in [2.24, 2.45) is 52.1 Å². The maximum Gasteiger partial charge on any atom is 1.00 e. The molecule has 0 bridgehead atoms. The van der Waals surface area contributed by atoms with E-state index in [1.54, 1.807) is 0 Å². The van der Waals surface area contributed by atoms with Crippen LogP contribution in [0.4, 0.5) is 0 Å². The van der Waals surface area contributed by atoms with Crippen molar-refractivity contribution in [3.63, 3.8) is 0 Å². The summed E-state index contributed by atoms with van der Waals surface area (Å²) in [6.07, 6.45) is 5.87. The maximum absolute atomic E-state index is 12.3. The smallest absolute Gasteiger partial charge is 0.748 e. The average Bonchev–Trinajstić information content (AvgIpc) is 3.21. The van der Waals surface area contributed by atoms with Gasteiger partial charge in [-0.05, 0) is 97.7 Å². The number of fused-ring (bicyclic) bond motifs is 5. The fourth-order valence-electron chi connectivity index (χ4n) is 9.54. The number of hydrogen-bond donors (Lipinski definition) is 5. The largest absolute Gasteiger partial charge is 1.00 e. The molecule has 224 valence electrons. The van der Waals surface area contributed by atoms with E-state index in [1.807, 2.05) is 0 Å². The fraction of sp³-hybridized carbons (Fsp3) is 0.929. The molecule has 0 radical (unpaired) electrons. The van der Waals surface area contributed by atoms with Crippen molar-refractivity contribution >= 4 is 21.9 Å². The first-order valence-electron chi connectivity index (χ1n) is 14.8. The third kappa shape index (κ3) is 6.77. The van der Waals surface area contributed by atoms with Crippen molar-refractivity contribution in [2.75, 3.05) is 18.8 Å². The molecule has 0 aromatic heterocycles. The summed E-state index contributed by atoms with van der Waals surface area (Å²) in [6, 6.07) is 0.0836. The minimum atomic E-state index is -4.36. The molecular formula is C28H48N3NaO7S. The van der Waals surface area contributed by atoms with Crippen LogP contribution in [-0.2, 0) is 19.7 Å². The summed E-state index contributed by atoms with van der Waals surface area (Å²) < 4.78 is 32.3. The molecule has 40 heavy (non-hydrogen) atoms. The van der Waals surface area contributed by atoms with Crippen LogP contribution in [-0.4, -0.2) is 72.1 Å². The average molecular weight is 594 g/mol. The van der Waals surface area contributed by atoms with Gasteiger partial charge in [0.05, 0.1) is 34.6 Å². The molecule has 0 spiro atoms. The van der Waals surface area contributed by atoms with Gasteiger partial charge in [-0.1, -0.05) is 20.8 Å². The molecule has 11 atom stereocenters. The van der Waals surface area contributed by atoms with Gasteiger partial charge in [0.15, 0.2) is 0 Å². The second-order valence-electron chi connectivity index (χ2n) is 13.5. The van der Waals surface area contributed by atoms with Gasteiger partial charge < -0.3 is 31.1 Å². The molecule has 0 aliphatic heterocycles. The predicted octanol–water partition coefficient (Wildman–Crippen LogP) is -1.89. The summed E-state index contributed by atoms with van der Waals surface area (Å²) in [5.74, 6) is 0.211. The molecule has 0 aromatic carbocycles. The first-order chi connectivity index (χ1) is 18.2. The predicted molar refractivity (Wildman–Crippen MR) is 145 cm³/mol. The van der Waals surface area contributed by atoms with Crippen LogP contribution in [0.15, 0.2) is 0 Å². The number of aliphatic hydroxyl groups is 2. The van der Waals surface area contributed by atoms with E-state index in [4.69, 9.17) is 5.73 Å². The van der Waals surface area contributed by atoms with Gasteiger partial charge in [0.25, 0.3) is 0 Å². The number of aliphatic hydroxyl groups excluding tert-OH is 2. The number of carbonyl (C=O) groups is 2. The Morgan fingerprint density at radius 3 is 2.42 bits per heavy atom. The summed E-state index contributed by atoms with van der Waals surface area (Å²) in [7, 11) is -4.36. The van der Waals surface area contributed by atoms with Gasteiger partial charge in [-0.15, -0.1) is 0 Å². The first-order valence-corrected chi connectivity index (χ1v) is 16.3. The summed E-state index contributed by atoms with van der Waals surface area (Å²) in [4.78, 5) is 24.1. The molecule has 4 aliphatic carbocycles. The van der Waals surface area contributed by atoms with Crippen LogP contribution < -0.4 is 45.9 Å². The zero-order valence-corrected chi connectivity index (χ0v) is 27.4. The number of nitrogens with one attached hydrogen (secondary N) is 2. The molecule has 0 saturated heterocycles. The number of nitrogens with two attached hydrogens (primary N) is 1. The summed E-state index contributed by atoms with van der Waals surface area (Å²) in [5, 5.41) is 28.9. The van der Waals surface area contributed by atoms with Crippen LogP contribution in [0.2, 0.25) is 0 Å². The molecule has 10 nitrogen and oxygen atoms in total. The van der Waals surface area contributed by atoms with E-state index < -0.39 is 28.1 Å². The van der Waals surface area contributed by atoms with Gasteiger partial charge in [0.1, 0.15) is 0 Å². The van der Waals surface area contributed by atoms with E-state index in [1.165, 1.54) is 0 Å². The zero-order chi connectivity index (χ0) is 28.8. The van der Waals surface area contributed by atoms with E-state index >= 15 is 0 Å². The van der Waals surface area contributed by atoms with E-state index in [-0.39, 0.29) is 113 Å². The van der Waals surface area contributed by atoms with Crippen molar-refractivity contribution in [1.82, 2.24) is 10.6 Å². The summed E-state index contributed by atoms with van der Waals surface area (Å²) in [5.41, 5.74) is 5.17. The minimum absolute atomic E-state index is 0. The Balaban J connectivity index is 0.00000441. The molecule has 4 saturated carbocycles. The van der Waals surface area contributed by atoms with E-state index in [2.05, 4.69) is 31.4 Å². The van der Waals surface area contributed by atoms with Crippen LogP contribution in [0.25, 0.3) is 0 Å². The molecule has 0 heterocycles. The molecular weight excluding hydrogens is 545 g/mol. The first kappa shape index (κ1) is 34.2. The summed E-state index contributed by atoms with van der Waals surface area (Å²) >= 11 is 0. The molecule has 4 fully saturated rings. The van der Waals surface area contributed by atoms with Crippen LogP contribution in [0.3, 0.4) is 0 Å². The van der Waals surface area contributed by atoms with Crippen molar-refractivity contribution in [3.8, 4) is 0 Å². The SMILES string of the molecule is C[C@H](CCC(=O)NCCS(=O)(=O)[O-])[C@H]1CC[C@H]2[C@@H]3[C@H](O)C[C@@H]4C[C@@H](NC(=O)CN)CC[C@]4(C)[C@H]3C[C@H](O)[C@]12C.[Na+]. The van der Waals surface area contributed by atoms with Crippen molar-refractivity contribution < 1.29 is 62.3 Å². The molecule has 0 aromatic rings. The Morgan fingerprint density at radius 1 is 1.07 bits per heavy atom. The number of amides is 2. The van der Waals surface area contributed by atoms with Gasteiger partial charge in [-0.25, -0.2) is 8.42 Å². The van der Waals surface area contributed by atoms with Gasteiger partial charge >= 0.3 is 29.6 Å². The third-order valence-electron chi connectivity index (χ3n) is 11.6. The number of carbonyl (C=O) groups excluding carboxylic acids is 2. The van der Waals surface area contributed by atoms with Gasteiger partial charge in [-0.2, -0.15) is 0 Å². The molecule has 0 unspecified atom stereocenters. The number of hydrogen-bond acceptors (Lipinski definition) is 8. The monoisotopic (exact) mass is 593 g/mol. The van der Waals surface area contributed by atoms with Crippen LogP contribution in [0.1, 0.15) is 78.6 Å². The summed E-state index contributed by atoms with van der Waals surface area (Å²) in [6.45, 7) is 6.45. The second-order valence-corrected chi connectivity index (χ2v) is 15.0. The van der Waals surface area contributed by atoms with Crippen LogP contribution in [0.5, 0.6) is 0 Å². The topological polar surface area (TPSA) is 182 Å². The fourth-order valence-corrected chi connectivity index (χ4v) is 9.89. The third-order valence-corrected chi connectivity index (χ3v) is 12.3. The maximum atomic E-state index is 12.3. The quantitative estimate of drug-likeness (QED) is 0.152. The minimum Gasteiger partial charge on any atom is -0.748 e. The van der Waals surface area contributed by atoms with Crippen molar-refractivity contribution in [1.29, 1.82) is 0 Å². The van der Waals surface area contributed by atoms with Crippen molar-refractivity contribution in [2.45, 2.75) is 96.8 Å². The van der Waals surface area contributed by atoms with Gasteiger partial charge in [-0.3, -0.25) is 9.59 Å².